The van der Waals surface area contributed by atoms with E-state index in [2.05, 4.69) is 6.92 Å². The highest BCUT2D eigenvalue weighted by molar-refractivity contribution is 8.00. The van der Waals surface area contributed by atoms with Crippen LogP contribution in [-0.4, -0.2) is 41.1 Å². The summed E-state index contributed by atoms with van der Waals surface area (Å²) in [5.41, 5.74) is 0.994. The average molecular weight is 349 g/mol. The minimum absolute atomic E-state index is 0.0313. The minimum Gasteiger partial charge on any atom is -0.465 e. The molecule has 0 fully saturated rings. The number of thioether (sulfide) groups is 1. The van der Waals surface area contributed by atoms with Gasteiger partial charge >= 0.3 is 5.97 Å². The van der Waals surface area contributed by atoms with Gasteiger partial charge in [-0.2, -0.15) is 0 Å². The van der Waals surface area contributed by atoms with E-state index in [1.807, 2.05) is 48.2 Å². The van der Waals surface area contributed by atoms with E-state index in [4.69, 9.17) is 4.74 Å². The predicted octanol–water partition coefficient (Wildman–Crippen LogP) is 3.97. The highest BCUT2D eigenvalue weighted by atomic mass is 32.2. The molecular weight excluding hydrogens is 322 g/mol. The summed E-state index contributed by atoms with van der Waals surface area (Å²) in [6, 6.07) is 9.74. The summed E-state index contributed by atoms with van der Waals surface area (Å²) < 4.78 is 4.94. The van der Waals surface area contributed by atoms with Gasteiger partial charge < -0.3 is 9.64 Å². The lowest BCUT2D eigenvalue weighted by atomic mass is 10.2. The van der Waals surface area contributed by atoms with Crippen molar-refractivity contribution in [1.29, 1.82) is 0 Å². The fourth-order valence-electron chi connectivity index (χ4n) is 2.11. The second-order valence-corrected chi connectivity index (χ2v) is 6.65. The Kier molecular flexibility index (Phi) is 9.92. The zero-order valence-corrected chi connectivity index (χ0v) is 15.6. The van der Waals surface area contributed by atoms with Crippen LogP contribution in [0.25, 0.3) is 6.08 Å². The molecule has 0 radical (unpaired) electrons. The lowest BCUT2D eigenvalue weighted by molar-refractivity contribution is -0.140. The van der Waals surface area contributed by atoms with Crippen LogP contribution in [0.4, 0.5) is 0 Å². The normalized spacial score (nSPS) is 12.1. The maximum Gasteiger partial charge on any atom is 0.315 e. The summed E-state index contributed by atoms with van der Waals surface area (Å²) in [5.74, 6) is -0.0129. The van der Waals surface area contributed by atoms with Gasteiger partial charge in [0.05, 0.1) is 17.7 Å². The van der Waals surface area contributed by atoms with Crippen molar-refractivity contribution in [2.45, 2.75) is 39.0 Å². The molecule has 132 valence electrons. The number of hydrogen-bond donors (Lipinski definition) is 0. The van der Waals surface area contributed by atoms with E-state index < -0.39 is 0 Å². The molecule has 0 bridgehead atoms. The second kappa shape index (κ2) is 11.7. The Morgan fingerprint density at radius 1 is 1.25 bits per heavy atom. The van der Waals surface area contributed by atoms with Crippen LogP contribution in [0.5, 0.6) is 0 Å². The number of carbonyl (C=O) groups is 2. The van der Waals surface area contributed by atoms with Gasteiger partial charge in [-0.15, -0.1) is 11.8 Å². The number of benzene rings is 1. The van der Waals surface area contributed by atoms with Crippen LogP contribution in [0.1, 0.15) is 39.2 Å². The Bertz CT molecular complexity index is 531. The van der Waals surface area contributed by atoms with Gasteiger partial charge in [0.15, 0.2) is 0 Å². The third-order valence-electron chi connectivity index (χ3n) is 3.44. The summed E-state index contributed by atoms with van der Waals surface area (Å²) in [6.45, 7) is 6.90. The average Bonchev–Trinajstić information content (AvgIpc) is 2.59. The largest absolute Gasteiger partial charge is 0.465 e. The first-order valence-corrected chi connectivity index (χ1v) is 9.44. The summed E-state index contributed by atoms with van der Waals surface area (Å²) in [4.78, 5) is 25.9. The number of carbonyl (C=O) groups excluding carboxylic acids is 2. The number of ether oxygens (including phenoxy) is 1. The molecule has 0 N–H and O–H groups in total. The van der Waals surface area contributed by atoms with Gasteiger partial charge in [-0.05, 0) is 31.9 Å². The molecule has 1 unspecified atom stereocenters. The first kappa shape index (κ1) is 20.3. The zero-order chi connectivity index (χ0) is 17.8. The van der Waals surface area contributed by atoms with E-state index >= 15 is 0 Å². The lowest BCUT2D eigenvalue weighted by Gasteiger charge is -2.27. The van der Waals surface area contributed by atoms with Crippen LogP contribution < -0.4 is 0 Å². The Labute approximate surface area is 149 Å². The monoisotopic (exact) mass is 349 g/mol. The molecule has 1 aromatic rings. The van der Waals surface area contributed by atoms with E-state index in [0.717, 1.165) is 18.4 Å². The summed E-state index contributed by atoms with van der Waals surface area (Å²) in [5, 5.41) is -0.0751. The number of hydrogen-bond acceptors (Lipinski definition) is 4. The molecule has 5 heteroatoms. The molecule has 24 heavy (non-hydrogen) atoms. The third-order valence-corrected chi connectivity index (χ3v) is 4.58. The Balaban J connectivity index is 2.66. The van der Waals surface area contributed by atoms with Crippen molar-refractivity contribution in [2.24, 2.45) is 0 Å². The van der Waals surface area contributed by atoms with Crippen molar-refractivity contribution in [3.05, 3.63) is 42.0 Å². The van der Waals surface area contributed by atoms with Gasteiger partial charge in [0.25, 0.3) is 0 Å². The maximum atomic E-state index is 12.5. The van der Waals surface area contributed by atoms with Gasteiger partial charge in [-0.1, -0.05) is 43.7 Å². The molecule has 0 aliphatic heterocycles. The number of unbranched alkanes of at least 4 members (excludes halogenated alkanes) is 1. The molecule has 0 heterocycles. The van der Waals surface area contributed by atoms with Crippen molar-refractivity contribution >= 4 is 29.7 Å². The molecule has 1 amide bonds. The van der Waals surface area contributed by atoms with Gasteiger partial charge in [-0.3, -0.25) is 9.59 Å². The zero-order valence-electron chi connectivity index (χ0n) is 14.7. The molecule has 0 aliphatic rings. The standard InChI is InChI=1S/C19H27NO3S/c1-4-6-14-20(16(3)24-15-19(22)23-5-2)18(21)13-12-17-10-8-7-9-11-17/h7-13,16H,4-6,14-15H2,1-3H3/b13-12+. The van der Waals surface area contributed by atoms with Gasteiger partial charge in [0.1, 0.15) is 0 Å². The van der Waals surface area contributed by atoms with Crippen molar-refractivity contribution in [1.82, 2.24) is 4.90 Å². The summed E-state index contributed by atoms with van der Waals surface area (Å²) >= 11 is 1.43. The molecule has 0 saturated heterocycles. The first-order valence-electron chi connectivity index (χ1n) is 8.39. The molecule has 1 aromatic carbocycles. The molecule has 0 aliphatic carbocycles. The van der Waals surface area contributed by atoms with Gasteiger partial charge in [0.2, 0.25) is 5.91 Å². The van der Waals surface area contributed by atoms with E-state index in [9.17, 15) is 9.59 Å². The van der Waals surface area contributed by atoms with E-state index in [0.29, 0.717) is 13.2 Å². The predicted molar refractivity (Wildman–Crippen MR) is 101 cm³/mol. The van der Waals surface area contributed by atoms with Gasteiger partial charge in [-0.25, -0.2) is 0 Å². The van der Waals surface area contributed by atoms with Crippen LogP contribution in [0, 0.1) is 0 Å². The number of rotatable bonds is 10. The van der Waals surface area contributed by atoms with E-state index in [1.165, 1.54) is 11.8 Å². The SMILES string of the molecule is CCCCN(C(=O)/C=C/c1ccccc1)C(C)SCC(=O)OCC. The van der Waals surface area contributed by atoms with E-state index in [1.54, 1.807) is 13.0 Å². The van der Waals surface area contributed by atoms with Crippen molar-refractivity contribution in [3.8, 4) is 0 Å². The highest BCUT2D eigenvalue weighted by Crippen LogP contribution is 2.17. The number of nitrogens with zero attached hydrogens (tertiary/aromatic N) is 1. The van der Waals surface area contributed by atoms with Crippen molar-refractivity contribution < 1.29 is 14.3 Å². The summed E-state index contributed by atoms with van der Waals surface area (Å²) in [6.07, 6.45) is 5.38. The third kappa shape index (κ3) is 7.68. The van der Waals surface area contributed by atoms with Crippen molar-refractivity contribution in [2.75, 3.05) is 18.9 Å². The molecule has 0 aromatic heterocycles. The van der Waals surface area contributed by atoms with Crippen LogP contribution in [0.3, 0.4) is 0 Å². The Morgan fingerprint density at radius 2 is 1.96 bits per heavy atom. The minimum atomic E-state index is -0.239. The second-order valence-electron chi connectivity index (χ2n) is 5.34. The molecule has 1 rings (SSSR count). The molecular formula is C19H27NO3S. The smallest absolute Gasteiger partial charge is 0.315 e. The van der Waals surface area contributed by atoms with Crippen LogP contribution >= 0.6 is 11.8 Å². The first-order chi connectivity index (χ1) is 11.6. The quantitative estimate of drug-likeness (QED) is 0.364. The Morgan fingerprint density at radius 3 is 2.58 bits per heavy atom. The fourth-order valence-corrected chi connectivity index (χ4v) is 2.96. The fraction of sp³-hybridized carbons (Fsp3) is 0.474. The number of esters is 1. The van der Waals surface area contributed by atoms with Gasteiger partial charge in [0, 0.05) is 12.6 Å². The van der Waals surface area contributed by atoms with E-state index in [-0.39, 0.29) is 23.0 Å². The van der Waals surface area contributed by atoms with Crippen molar-refractivity contribution in [3.63, 3.8) is 0 Å². The number of amides is 1. The Hall–Kier alpha value is -1.75. The van der Waals surface area contributed by atoms with Crippen LogP contribution in [-0.2, 0) is 14.3 Å². The molecule has 4 nitrogen and oxygen atoms in total. The maximum absolute atomic E-state index is 12.5. The highest BCUT2D eigenvalue weighted by Gasteiger charge is 2.19. The summed E-state index contributed by atoms with van der Waals surface area (Å²) in [7, 11) is 0. The van der Waals surface area contributed by atoms with Crippen LogP contribution in [0.2, 0.25) is 0 Å². The molecule has 0 saturated carbocycles. The molecule has 0 spiro atoms. The lowest BCUT2D eigenvalue weighted by Crippen LogP contribution is -2.37. The topological polar surface area (TPSA) is 46.6 Å². The van der Waals surface area contributed by atoms with Crippen LogP contribution in [0.15, 0.2) is 36.4 Å². The molecule has 1 atom stereocenters.